The lowest BCUT2D eigenvalue weighted by molar-refractivity contribution is -0.140. The second-order valence-corrected chi connectivity index (χ2v) is 11.1. The van der Waals surface area contributed by atoms with Crippen molar-refractivity contribution >= 4 is 27.5 Å². The van der Waals surface area contributed by atoms with Gasteiger partial charge in [-0.15, -0.1) is 0 Å². The molecule has 0 aliphatic heterocycles. The standard InChI is InChI=1S/C30H37N3O5S/c1-5-23(3)31-30(35)28(6-2)32(21-24-13-9-7-10-14-24)29(34)22-33(25-17-19-26(38-4)20-18-25)39(36,37)27-15-11-8-12-16-27/h7-20,23,28H,5-6,21-22H2,1-4H3,(H,31,35)/t23-,28+/m0/s1. The first kappa shape index (κ1) is 29.7. The Morgan fingerprint density at radius 3 is 2.00 bits per heavy atom. The van der Waals surface area contributed by atoms with E-state index in [2.05, 4.69) is 5.32 Å². The van der Waals surface area contributed by atoms with Gasteiger partial charge in [0.05, 0.1) is 17.7 Å². The average Bonchev–Trinajstić information content (AvgIpc) is 2.96. The molecule has 0 unspecified atom stereocenters. The number of benzene rings is 3. The summed E-state index contributed by atoms with van der Waals surface area (Å²) in [5.41, 5.74) is 1.15. The zero-order chi connectivity index (χ0) is 28.4. The third-order valence-electron chi connectivity index (χ3n) is 6.55. The second kappa shape index (κ2) is 13.8. The van der Waals surface area contributed by atoms with Gasteiger partial charge in [0.25, 0.3) is 10.0 Å². The van der Waals surface area contributed by atoms with Gasteiger partial charge in [0.1, 0.15) is 18.3 Å². The number of amides is 2. The number of hydrogen-bond acceptors (Lipinski definition) is 5. The highest BCUT2D eigenvalue weighted by molar-refractivity contribution is 7.92. The summed E-state index contributed by atoms with van der Waals surface area (Å²) >= 11 is 0. The van der Waals surface area contributed by atoms with Gasteiger partial charge in [-0.2, -0.15) is 0 Å². The summed E-state index contributed by atoms with van der Waals surface area (Å²) in [6, 6.07) is 23.0. The van der Waals surface area contributed by atoms with Crippen LogP contribution in [0.3, 0.4) is 0 Å². The predicted octanol–water partition coefficient (Wildman–Crippen LogP) is 4.61. The number of sulfonamides is 1. The lowest BCUT2D eigenvalue weighted by Gasteiger charge is -2.33. The number of nitrogens with zero attached hydrogens (tertiary/aromatic N) is 2. The van der Waals surface area contributed by atoms with Crippen LogP contribution in [0.4, 0.5) is 5.69 Å². The van der Waals surface area contributed by atoms with E-state index in [-0.39, 0.29) is 23.4 Å². The predicted molar refractivity (Wildman–Crippen MR) is 153 cm³/mol. The largest absolute Gasteiger partial charge is 0.497 e. The Labute approximate surface area is 231 Å². The van der Waals surface area contributed by atoms with Crippen molar-refractivity contribution in [2.24, 2.45) is 0 Å². The first-order valence-corrected chi connectivity index (χ1v) is 14.5. The van der Waals surface area contributed by atoms with E-state index in [9.17, 15) is 18.0 Å². The molecule has 9 heteroatoms. The molecule has 0 saturated carbocycles. The van der Waals surface area contributed by atoms with Crippen LogP contribution in [0.5, 0.6) is 5.75 Å². The normalized spacial score (nSPS) is 12.7. The Balaban J connectivity index is 2.03. The van der Waals surface area contributed by atoms with E-state index in [1.54, 1.807) is 42.5 Å². The number of rotatable bonds is 13. The lowest BCUT2D eigenvalue weighted by atomic mass is 10.1. The molecule has 0 aliphatic rings. The van der Waals surface area contributed by atoms with Gasteiger partial charge in [0, 0.05) is 12.6 Å². The van der Waals surface area contributed by atoms with E-state index in [0.717, 1.165) is 16.3 Å². The number of carbonyl (C=O) groups excluding carboxylic acids is 2. The Morgan fingerprint density at radius 2 is 1.46 bits per heavy atom. The van der Waals surface area contributed by atoms with Crippen LogP contribution in [-0.2, 0) is 26.2 Å². The van der Waals surface area contributed by atoms with E-state index in [1.807, 2.05) is 51.1 Å². The van der Waals surface area contributed by atoms with Gasteiger partial charge in [-0.05, 0) is 61.7 Å². The third kappa shape index (κ3) is 7.60. The molecule has 2 amide bonds. The molecule has 0 bridgehead atoms. The molecule has 39 heavy (non-hydrogen) atoms. The van der Waals surface area contributed by atoms with Crippen molar-refractivity contribution < 1.29 is 22.7 Å². The van der Waals surface area contributed by atoms with Crippen LogP contribution >= 0.6 is 0 Å². The molecule has 208 valence electrons. The van der Waals surface area contributed by atoms with Crippen molar-refractivity contribution in [1.29, 1.82) is 0 Å². The van der Waals surface area contributed by atoms with Crippen LogP contribution in [0.1, 0.15) is 39.2 Å². The fourth-order valence-corrected chi connectivity index (χ4v) is 5.57. The number of carbonyl (C=O) groups is 2. The molecular weight excluding hydrogens is 514 g/mol. The minimum absolute atomic E-state index is 0.0600. The maximum absolute atomic E-state index is 14.0. The van der Waals surface area contributed by atoms with Crippen LogP contribution in [0, 0.1) is 0 Å². The Kier molecular flexibility index (Phi) is 10.5. The average molecular weight is 552 g/mol. The number of nitrogens with one attached hydrogen (secondary N) is 1. The van der Waals surface area contributed by atoms with E-state index in [4.69, 9.17) is 4.74 Å². The van der Waals surface area contributed by atoms with Crippen molar-refractivity contribution in [2.75, 3.05) is 18.0 Å². The molecule has 8 nitrogen and oxygen atoms in total. The quantitative estimate of drug-likeness (QED) is 0.335. The molecule has 0 spiro atoms. The zero-order valence-electron chi connectivity index (χ0n) is 22.9. The zero-order valence-corrected chi connectivity index (χ0v) is 23.7. The first-order valence-electron chi connectivity index (χ1n) is 13.1. The van der Waals surface area contributed by atoms with E-state index < -0.39 is 28.5 Å². The van der Waals surface area contributed by atoms with Crippen molar-refractivity contribution in [3.63, 3.8) is 0 Å². The van der Waals surface area contributed by atoms with Gasteiger partial charge < -0.3 is 15.0 Å². The Bertz CT molecular complexity index is 1320. The highest BCUT2D eigenvalue weighted by atomic mass is 32.2. The molecule has 1 N–H and O–H groups in total. The topological polar surface area (TPSA) is 96.0 Å². The monoisotopic (exact) mass is 551 g/mol. The highest BCUT2D eigenvalue weighted by Crippen LogP contribution is 2.26. The Morgan fingerprint density at radius 1 is 0.872 bits per heavy atom. The van der Waals surface area contributed by atoms with Gasteiger partial charge in [-0.3, -0.25) is 13.9 Å². The Hall–Kier alpha value is -3.85. The highest BCUT2D eigenvalue weighted by Gasteiger charge is 2.33. The SMILES string of the molecule is CC[C@H](C(=O)N[C@@H](C)CC)N(Cc1ccccc1)C(=O)CN(c1ccc(OC)cc1)S(=O)(=O)c1ccccc1. The fraction of sp³-hybridized carbons (Fsp3) is 0.333. The molecule has 0 aliphatic carbocycles. The van der Waals surface area contributed by atoms with Crippen LogP contribution in [0.15, 0.2) is 89.8 Å². The van der Waals surface area contributed by atoms with Crippen LogP contribution in [0.2, 0.25) is 0 Å². The smallest absolute Gasteiger partial charge is 0.264 e. The van der Waals surface area contributed by atoms with E-state index in [1.165, 1.54) is 24.1 Å². The summed E-state index contributed by atoms with van der Waals surface area (Å²) in [6.07, 6.45) is 1.12. The second-order valence-electron chi connectivity index (χ2n) is 9.27. The molecule has 0 fully saturated rings. The number of anilines is 1. The maximum Gasteiger partial charge on any atom is 0.264 e. The van der Waals surface area contributed by atoms with Gasteiger partial charge >= 0.3 is 0 Å². The minimum Gasteiger partial charge on any atom is -0.497 e. The summed E-state index contributed by atoms with van der Waals surface area (Å²) in [4.78, 5) is 28.8. The summed E-state index contributed by atoms with van der Waals surface area (Å²) < 4.78 is 33.9. The minimum atomic E-state index is -4.11. The van der Waals surface area contributed by atoms with Crippen molar-refractivity contribution in [1.82, 2.24) is 10.2 Å². The number of hydrogen-bond donors (Lipinski definition) is 1. The molecule has 3 aromatic rings. The van der Waals surface area contributed by atoms with Crippen molar-refractivity contribution in [3.05, 3.63) is 90.5 Å². The molecule has 3 aromatic carbocycles. The van der Waals surface area contributed by atoms with Crippen molar-refractivity contribution in [2.45, 2.75) is 57.1 Å². The summed E-state index contributed by atoms with van der Waals surface area (Å²) in [5, 5.41) is 2.98. The van der Waals surface area contributed by atoms with E-state index in [0.29, 0.717) is 17.9 Å². The number of ether oxygens (including phenoxy) is 1. The van der Waals surface area contributed by atoms with Crippen LogP contribution in [0.25, 0.3) is 0 Å². The molecule has 2 atom stereocenters. The van der Waals surface area contributed by atoms with Gasteiger partial charge in [-0.25, -0.2) is 8.42 Å². The van der Waals surface area contributed by atoms with Gasteiger partial charge in [-0.1, -0.05) is 62.4 Å². The molecule has 0 radical (unpaired) electrons. The summed E-state index contributed by atoms with van der Waals surface area (Å²) in [5.74, 6) is -0.195. The lowest BCUT2D eigenvalue weighted by Crippen LogP contribution is -2.53. The third-order valence-corrected chi connectivity index (χ3v) is 8.34. The summed E-state index contributed by atoms with van der Waals surface area (Å²) in [6.45, 7) is 5.40. The van der Waals surface area contributed by atoms with Gasteiger partial charge in [0.2, 0.25) is 11.8 Å². The van der Waals surface area contributed by atoms with Crippen LogP contribution < -0.4 is 14.4 Å². The molecule has 3 rings (SSSR count). The fourth-order valence-electron chi connectivity index (χ4n) is 4.14. The van der Waals surface area contributed by atoms with Crippen molar-refractivity contribution in [3.8, 4) is 5.75 Å². The maximum atomic E-state index is 14.0. The van der Waals surface area contributed by atoms with Crippen LogP contribution in [-0.4, -0.2) is 50.9 Å². The molecular formula is C30H37N3O5S. The molecule has 0 heterocycles. The molecule has 0 saturated heterocycles. The first-order chi connectivity index (χ1) is 18.7. The van der Waals surface area contributed by atoms with Gasteiger partial charge in [0.15, 0.2) is 0 Å². The summed E-state index contributed by atoms with van der Waals surface area (Å²) in [7, 11) is -2.58. The molecule has 0 aromatic heterocycles. The van der Waals surface area contributed by atoms with E-state index >= 15 is 0 Å². The number of methoxy groups -OCH3 is 1.